The van der Waals surface area contributed by atoms with Gasteiger partial charge in [0.2, 0.25) is 0 Å². The second-order valence-electron chi connectivity index (χ2n) is 4.91. The number of pyridine rings is 2. The number of amides is 1. The Kier molecular flexibility index (Phi) is 3.60. The van der Waals surface area contributed by atoms with E-state index < -0.39 is 0 Å². The van der Waals surface area contributed by atoms with Crippen LogP contribution in [0.5, 0.6) is 0 Å². The van der Waals surface area contributed by atoms with Crippen LogP contribution in [0.15, 0.2) is 54.7 Å². The SMILES string of the molecule is Cc1cccc(CNC(=O)c2ccc3ncccc3n2)c1. The van der Waals surface area contributed by atoms with Crippen LogP contribution in [0.1, 0.15) is 21.6 Å². The smallest absolute Gasteiger partial charge is 0.270 e. The number of aromatic nitrogens is 2. The minimum Gasteiger partial charge on any atom is -0.347 e. The molecule has 0 saturated carbocycles. The number of hydrogen-bond acceptors (Lipinski definition) is 3. The molecule has 104 valence electrons. The third-order valence-electron chi connectivity index (χ3n) is 3.22. The molecule has 0 atom stereocenters. The maximum absolute atomic E-state index is 12.2. The zero-order chi connectivity index (χ0) is 14.7. The summed E-state index contributed by atoms with van der Waals surface area (Å²) in [5, 5.41) is 2.89. The van der Waals surface area contributed by atoms with Gasteiger partial charge in [-0.1, -0.05) is 29.8 Å². The lowest BCUT2D eigenvalue weighted by Gasteiger charge is -2.06. The van der Waals surface area contributed by atoms with Gasteiger partial charge in [0.25, 0.3) is 5.91 Å². The first-order valence-corrected chi connectivity index (χ1v) is 6.78. The Morgan fingerprint density at radius 2 is 2.00 bits per heavy atom. The molecule has 0 aliphatic heterocycles. The highest BCUT2D eigenvalue weighted by Gasteiger charge is 2.08. The standard InChI is InChI=1S/C17H15N3O/c1-12-4-2-5-13(10-12)11-19-17(21)16-8-7-14-15(20-16)6-3-9-18-14/h2-10H,11H2,1H3,(H,19,21). The maximum atomic E-state index is 12.2. The molecule has 2 aromatic heterocycles. The number of nitrogens with zero attached hydrogens (tertiary/aromatic N) is 2. The first-order valence-electron chi connectivity index (χ1n) is 6.78. The largest absolute Gasteiger partial charge is 0.347 e. The van der Waals surface area contributed by atoms with Crippen molar-refractivity contribution in [3.8, 4) is 0 Å². The van der Waals surface area contributed by atoms with Gasteiger partial charge in [-0.3, -0.25) is 9.78 Å². The molecule has 0 unspecified atom stereocenters. The minimum atomic E-state index is -0.178. The van der Waals surface area contributed by atoms with Crippen molar-refractivity contribution in [1.29, 1.82) is 0 Å². The fourth-order valence-corrected chi connectivity index (χ4v) is 2.18. The van der Waals surface area contributed by atoms with Crippen LogP contribution in [0, 0.1) is 6.92 Å². The molecule has 0 fully saturated rings. The molecule has 1 N–H and O–H groups in total. The zero-order valence-electron chi connectivity index (χ0n) is 11.7. The van der Waals surface area contributed by atoms with Crippen LogP contribution in [0.2, 0.25) is 0 Å². The number of carbonyl (C=O) groups excluding carboxylic acids is 1. The highest BCUT2D eigenvalue weighted by atomic mass is 16.1. The summed E-state index contributed by atoms with van der Waals surface area (Å²) in [6, 6.07) is 15.2. The van der Waals surface area contributed by atoms with E-state index >= 15 is 0 Å². The second kappa shape index (κ2) is 5.71. The molecule has 0 radical (unpaired) electrons. The van der Waals surface area contributed by atoms with Crippen molar-refractivity contribution in [1.82, 2.24) is 15.3 Å². The molecule has 0 bridgehead atoms. The first kappa shape index (κ1) is 13.2. The summed E-state index contributed by atoms with van der Waals surface area (Å²) >= 11 is 0. The van der Waals surface area contributed by atoms with E-state index in [1.807, 2.05) is 43.3 Å². The summed E-state index contributed by atoms with van der Waals surface area (Å²) in [6.07, 6.45) is 1.71. The lowest BCUT2D eigenvalue weighted by atomic mass is 10.1. The molecule has 0 saturated heterocycles. The van der Waals surface area contributed by atoms with E-state index in [0.717, 1.165) is 16.6 Å². The summed E-state index contributed by atoms with van der Waals surface area (Å²) < 4.78 is 0. The van der Waals surface area contributed by atoms with E-state index in [4.69, 9.17) is 0 Å². The van der Waals surface area contributed by atoms with Crippen molar-refractivity contribution in [2.45, 2.75) is 13.5 Å². The lowest BCUT2D eigenvalue weighted by Crippen LogP contribution is -2.23. The normalized spacial score (nSPS) is 10.5. The third kappa shape index (κ3) is 3.05. The molecular weight excluding hydrogens is 262 g/mol. The van der Waals surface area contributed by atoms with Gasteiger partial charge < -0.3 is 5.32 Å². The predicted octanol–water partition coefficient (Wildman–Crippen LogP) is 2.87. The van der Waals surface area contributed by atoms with Crippen LogP contribution >= 0.6 is 0 Å². The number of carbonyl (C=O) groups is 1. The topological polar surface area (TPSA) is 54.9 Å². The number of rotatable bonds is 3. The van der Waals surface area contributed by atoms with E-state index in [9.17, 15) is 4.79 Å². The summed E-state index contributed by atoms with van der Waals surface area (Å²) in [5.74, 6) is -0.178. The zero-order valence-corrected chi connectivity index (χ0v) is 11.7. The fourth-order valence-electron chi connectivity index (χ4n) is 2.18. The molecule has 1 amide bonds. The van der Waals surface area contributed by atoms with Gasteiger partial charge in [-0.15, -0.1) is 0 Å². The van der Waals surface area contributed by atoms with Crippen LogP contribution in [0.3, 0.4) is 0 Å². The lowest BCUT2D eigenvalue weighted by molar-refractivity contribution is 0.0946. The Bertz CT molecular complexity index is 799. The second-order valence-corrected chi connectivity index (χ2v) is 4.91. The van der Waals surface area contributed by atoms with Gasteiger partial charge in [0.15, 0.2) is 0 Å². The third-order valence-corrected chi connectivity index (χ3v) is 3.22. The van der Waals surface area contributed by atoms with E-state index in [-0.39, 0.29) is 5.91 Å². The molecule has 0 aliphatic carbocycles. The molecule has 3 aromatic rings. The van der Waals surface area contributed by atoms with Crippen molar-refractivity contribution in [2.75, 3.05) is 0 Å². The molecular formula is C17H15N3O. The van der Waals surface area contributed by atoms with Gasteiger partial charge in [-0.2, -0.15) is 0 Å². The number of nitrogens with one attached hydrogen (secondary N) is 1. The monoisotopic (exact) mass is 277 g/mol. The van der Waals surface area contributed by atoms with Crippen molar-refractivity contribution in [3.05, 3.63) is 71.5 Å². The first-order chi connectivity index (χ1) is 10.2. The van der Waals surface area contributed by atoms with Gasteiger partial charge in [0.1, 0.15) is 5.69 Å². The molecule has 21 heavy (non-hydrogen) atoms. The summed E-state index contributed by atoms with van der Waals surface area (Å²) in [4.78, 5) is 20.7. The Balaban J connectivity index is 1.74. The minimum absolute atomic E-state index is 0.178. The molecule has 4 nitrogen and oxygen atoms in total. The molecule has 0 aliphatic rings. The Morgan fingerprint density at radius 1 is 1.10 bits per heavy atom. The molecule has 3 rings (SSSR count). The van der Waals surface area contributed by atoms with Gasteiger partial charge >= 0.3 is 0 Å². The van der Waals surface area contributed by atoms with Crippen LogP contribution in [0.25, 0.3) is 11.0 Å². The van der Waals surface area contributed by atoms with Gasteiger partial charge in [-0.25, -0.2) is 4.98 Å². The average molecular weight is 277 g/mol. The number of hydrogen-bond donors (Lipinski definition) is 1. The van der Waals surface area contributed by atoms with Crippen molar-refractivity contribution >= 4 is 16.9 Å². The Hall–Kier alpha value is -2.75. The summed E-state index contributed by atoms with van der Waals surface area (Å²) in [5.41, 5.74) is 4.17. The van der Waals surface area contributed by atoms with E-state index in [0.29, 0.717) is 12.2 Å². The predicted molar refractivity (Wildman–Crippen MR) is 81.9 cm³/mol. The number of benzene rings is 1. The van der Waals surface area contributed by atoms with Crippen molar-refractivity contribution < 1.29 is 4.79 Å². The van der Waals surface area contributed by atoms with Crippen LogP contribution in [0.4, 0.5) is 0 Å². The van der Waals surface area contributed by atoms with Gasteiger partial charge in [-0.05, 0) is 36.8 Å². The van der Waals surface area contributed by atoms with Crippen molar-refractivity contribution in [2.24, 2.45) is 0 Å². The Labute approximate surface area is 122 Å². The average Bonchev–Trinajstić information content (AvgIpc) is 2.52. The molecule has 1 aromatic carbocycles. The van der Waals surface area contributed by atoms with Crippen molar-refractivity contribution in [3.63, 3.8) is 0 Å². The summed E-state index contributed by atoms with van der Waals surface area (Å²) in [7, 11) is 0. The number of aryl methyl sites for hydroxylation is 1. The molecule has 4 heteroatoms. The maximum Gasteiger partial charge on any atom is 0.270 e. The van der Waals surface area contributed by atoms with Crippen LogP contribution in [-0.2, 0) is 6.54 Å². The van der Waals surface area contributed by atoms with E-state index in [1.54, 1.807) is 12.3 Å². The molecule has 0 spiro atoms. The highest BCUT2D eigenvalue weighted by Crippen LogP contribution is 2.09. The van der Waals surface area contributed by atoms with Crippen LogP contribution in [-0.4, -0.2) is 15.9 Å². The van der Waals surface area contributed by atoms with E-state index in [2.05, 4.69) is 21.4 Å². The molecule has 2 heterocycles. The summed E-state index contributed by atoms with van der Waals surface area (Å²) in [6.45, 7) is 2.52. The van der Waals surface area contributed by atoms with Crippen LogP contribution < -0.4 is 5.32 Å². The van der Waals surface area contributed by atoms with Gasteiger partial charge in [0.05, 0.1) is 11.0 Å². The van der Waals surface area contributed by atoms with E-state index in [1.165, 1.54) is 5.56 Å². The van der Waals surface area contributed by atoms with Gasteiger partial charge in [0, 0.05) is 12.7 Å². The number of fused-ring (bicyclic) bond motifs is 1. The Morgan fingerprint density at radius 3 is 2.86 bits per heavy atom. The quantitative estimate of drug-likeness (QED) is 0.801. The highest BCUT2D eigenvalue weighted by molar-refractivity contribution is 5.94. The fraction of sp³-hybridized carbons (Fsp3) is 0.118.